The predicted molar refractivity (Wildman–Crippen MR) is 70.2 cm³/mol. The van der Waals surface area contributed by atoms with Gasteiger partial charge in [-0.15, -0.1) is 0 Å². The van der Waals surface area contributed by atoms with Gasteiger partial charge in [-0.2, -0.15) is 0 Å². The highest BCUT2D eigenvalue weighted by molar-refractivity contribution is 7.71. The lowest BCUT2D eigenvalue weighted by atomic mass is 10.3. The van der Waals surface area contributed by atoms with Gasteiger partial charge < -0.3 is 19.0 Å². The Kier molecular flexibility index (Phi) is 3.81. The molecule has 92 valence electrons. The van der Waals surface area contributed by atoms with E-state index in [1.807, 2.05) is 18.2 Å². The van der Waals surface area contributed by atoms with Crippen LogP contribution >= 0.6 is 12.2 Å². The first-order valence-electron chi connectivity index (χ1n) is 5.51. The summed E-state index contributed by atoms with van der Waals surface area (Å²) in [6.07, 6.45) is 0.939. The van der Waals surface area contributed by atoms with E-state index >= 15 is 0 Å². The van der Waals surface area contributed by atoms with Gasteiger partial charge in [0.25, 0.3) is 0 Å². The Morgan fingerprint density at radius 2 is 2.18 bits per heavy atom. The van der Waals surface area contributed by atoms with Gasteiger partial charge in [0.2, 0.25) is 0 Å². The number of aryl methyl sites for hydroxylation is 1. The fourth-order valence-corrected chi connectivity index (χ4v) is 2.15. The molecular formula is C12H16N2O2S. The number of methoxy groups -OCH3 is 2. The van der Waals surface area contributed by atoms with Crippen LogP contribution in [0.15, 0.2) is 18.2 Å². The molecule has 0 fully saturated rings. The van der Waals surface area contributed by atoms with Crippen molar-refractivity contribution in [3.05, 3.63) is 23.0 Å². The second-order valence-corrected chi connectivity index (χ2v) is 4.20. The van der Waals surface area contributed by atoms with Crippen LogP contribution in [-0.4, -0.2) is 30.4 Å². The predicted octanol–water partition coefficient (Wildman–Crippen LogP) is 2.74. The SMILES string of the molecule is COCCCn1c(=S)[nH]c2ccc(OC)cc21. The topological polar surface area (TPSA) is 39.2 Å². The summed E-state index contributed by atoms with van der Waals surface area (Å²) in [5, 5.41) is 0. The quantitative estimate of drug-likeness (QED) is 0.657. The number of nitrogens with zero attached hydrogens (tertiary/aromatic N) is 1. The molecule has 1 aromatic carbocycles. The van der Waals surface area contributed by atoms with E-state index in [-0.39, 0.29) is 0 Å². The maximum atomic E-state index is 5.31. The number of benzene rings is 1. The van der Waals surface area contributed by atoms with Gasteiger partial charge in [0.05, 0.1) is 18.1 Å². The van der Waals surface area contributed by atoms with Crippen molar-refractivity contribution >= 4 is 23.3 Å². The third-order valence-corrected chi connectivity index (χ3v) is 3.04. The van der Waals surface area contributed by atoms with Crippen molar-refractivity contribution in [3.63, 3.8) is 0 Å². The van der Waals surface area contributed by atoms with Gasteiger partial charge in [0.15, 0.2) is 4.77 Å². The Bertz CT molecular complexity index is 559. The second kappa shape index (κ2) is 5.33. The van der Waals surface area contributed by atoms with Crippen LogP contribution in [0.5, 0.6) is 5.75 Å². The molecule has 0 unspecified atom stereocenters. The van der Waals surface area contributed by atoms with Crippen molar-refractivity contribution in [3.8, 4) is 5.75 Å². The third kappa shape index (κ3) is 2.50. The number of H-pyrrole nitrogens is 1. The summed E-state index contributed by atoms with van der Waals surface area (Å²) in [7, 11) is 3.37. The fraction of sp³-hybridized carbons (Fsp3) is 0.417. The summed E-state index contributed by atoms with van der Waals surface area (Å²) in [5.41, 5.74) is 2.11. The Morgan fingerprint density at radius 1 is 1.35 bits per heavy atom. The molecule has 2 rings (SSSR count). The zero-order valence-electron chi connectivity index (χ0n) is 10.0. The van der Waals surface area contributed by atoms with E-state index in [2.05, 4.69) is 9.55 Å². The molecule has 4 nitrogen and oxygen atoms in total. The molecular weight excluding hydrogens is 236 g/mol. The number of nitrogens with one attached hydrogen (secondary N) is 1. The van der Waals surface area contributed by atoms with E-state index in [1.165, 1.54) is 0 Å². The van der Waals surface area contributed by atoms with Crippen LogP contribution in [-0.2, 0) is 11.3 Å². The molecule has 2 aromatic rings. The molecule has 0 bridgehead atoms. The number of hydrogen-bond donors (Lipinski definition) is 1. The minimum Gasteiger partial charge on any atom is -0.497 e. The molecule has 0 radical (unpaired) electrons. The van der Waals surface area contributed by atoms with Gasteiger partial charge >= 0.3 is 0 Å². The highest BCUT2D eigenvalue weighted by Crippen LogP contribution is 2.20. The van der Waals surface area contributed by atoms with Crippen LogP contribution in [0.1, 0.15) is 6.42 Å². The van der Waals surface area contributed by atoms with Crippen molar-refractivity contribution in [2.45, 2.75) is 13.0 Å². The van der Waals surface area contributed by atoms with Crippen molar-refractivity contribution < 1.29 is 9.47 Å². The smallest absolute Gasteiger partial charge is 0.178 e. The first-order valence-corrected chi connectivity index (χ1v) is 5.92. The Labute approximate surface area is 105 Å². The summed E-state index contributed by atoms with van der Waals surface area (Å²) in [6.45, 7) is 1.58. The monoisotopic (exact) mass is 252 g/mol. The third-order valence-electron chi connectivity index (χ3n) is 2.71. The Hall–Kier alpha value is -1.33. The molecule has 1 N–H and O–H groups in total. The first kappa shape index (κ1) is 12.1. The normalized spacial score (nSPS) is 10.9. The van der Waals surface area contributed by atoms with Crippen LogP contribution in [0.25, 0.3) is 11.0 Å². The molecule has 17 heavy (non-hydrogen) atoms. The van der Waals surface area contributed by atoms with Crippen LogP contribution in [0.2, 0.25) is 0 Å². The summed E-state index contributed by atoms with van der Waals surface area (Å²) in [6, 6.07) is 5.90. The zero-order valence-corrected chi connectivity index (χ0v) is 10.8. The summed E-state index contributed by atoms with van der Waals surface area (Å²) < 4.78 is 13.1. The van der Waals surface area contributed by atoms with Crippen molar-refractivity contribution in [2.75, 3.05) is 20.8 Å². The molecule has 0 saturated heterocycles. The summed E-state index contributed by atoms with van der Waals surface area (Å²) >= 11 is 5.31. The lowest BCUT2D eigenvalue weighted by Crippen LogP contribution is -2.01. The molecule has 0 atom stereocenters. The number of imidazole rings is 1. The van der Waals surface area contributed by atoms with E-state index < -0.39 is 0 Å². The van der Waals surface area contributed by atoms with Crippen LogP contribution in [0, 0.1) is 4.77 Å². The minimum absolute atomic E-state index is 0.735. The summed E-state index contributed by atoms with van der Waals surface area (Å²) in [5.74, 6) is 0.840. The van der Waals surface area contributed by atoms with Crippen molar-refractivity contribution in [1.29, 1.82) is 0 Å². The van der Waals surface area contributed by atoms with Gasteiger partial charge in [0.1, 0.15) is 5.75 Å². The number of hydrogen-bond acceptors (Lipinski definition) is 3. The average molecular weight is 252 g/mol. The van der Waals surface area contributed by atoms with Crippen LogP contribution in [0.4, 0.5) is 0 Å². The maximum Gasteiger partial charge on any atom is 0.178 e. The van der Waals surface area contributed by atoms with E-state index in [9.17, 15) is 0 Å². The Morgan fingerprint density at radius 3 is 2.88 bits per heavy atom. The van der Waals surface area contributed by atoms with Crippen molar-refractivity contribution in [2.24, 2.45) is 0 Å². The van der Waals surface area contributed by atoms with E-state index in [1.54, 1.807) is 14.2 Å². The number of aromatic nitrogens is 2. The molecule has 0 saturated carbocycles. The Balaban J connectivity index is 2.38. The van der Waals surface area contributed by atoms with Crippen LogP contribution in [0.3, 0.4) is 0 Å². The molecule has 1 aromatic heterocycles. The molecule has 0 aliphatic carbocycles. The number of aromatic amines is 1. The highest BCUT2D eigenvalue weighted by Gasteiger charge is 2.05. The zero-order chi connectivity index (χ0) is 12.3. The first-order chi connectivity index (χ1) is 8.26. The molecule has 5 heteroatoms. The fourth-order valence-electron chi connectivity index (χ4n) is 1.85. The van der Waals surface area contributed by atoms with Gasteiger partial charge in [-0.1, -0.05) is 0 Å². The number of fused-ring (bicyclic) bond motifs is 1. The molecule has 1 heterocycles. The lowest BCUT2D eigenvalue weighted by Gasteiger charge is -2.05. The van der Waals surface area contributed by atoms with Gasteiger partial charge in [-0.3, -0.25) is 0 Å². The number of ether oxygens (including phenoxy) is 2. The van der Waals surface area contributed by atoms with Crippen LogP contribution < -0.4 is 4.74 Å². The number of rotatable bonds is 5. The van der Waals surface area contributed by atoms with E-state index in [0.29, 0.717) is 0 Å². The van der Waals surface area contributed by atoms with E-state index in [0.717, 1.165) is 41.1 Å². The molecule has 0 amide bonds. The summed E-state index contributed by atoms with van der Waals surface area (Å²) in [4.78, 5) is 3.19. The minimum atomic E-state index is 0.735. The highest BCUT2D eigenvalue weighted by atomic mass is 32.1. The largest absolute Gasteiger partial charge is 0.497 e. The van der Waals surface area contributed by atoms with Gasteiger partial charge in [0, 0.05) is 26.3 Å². The molecule has 0 aliphatic heterocycles. The second-order valence-electron chi connectivity index (χ2n) is 3.81. The molecule has 0 spiro atoms. The van der Waals surface area contributed by atoms with Gasteiger partial charge in [-0.05, 0) is 30.8 Å². The average Bonchev–Trinajstić information content (AvgIpc) is 2.65. The standard InChI is InChI=1S/C12H16N2O2S/c1-15-7-3-6-14-11-8-9(16-2)4-5-10(11)13-12(14)17/h4-5,8H,3,6-7H2,1-2H3,(H,13,17). The van der Waals surface area contributed by atoms with Gasteiger partial charge in [-0.25, -0.2) is 0 Å². The molecule has 0 aliphatic rings. The van der Waals surface area contributed by atoms with E-state index in [4.69, 9.17) is 21.7 Å². The lowest BCUT2D eigenvalue weighted by molar-refractivity contribution is 0.190. The van der Waals surface area contributed by atoms with Crippen molar-refractivity contribution in [1.82, 2.24) is 9.55 Å². The maximum absolute atomic E-state index is 5.31.